The van der Waals surface area contributed by atoms with E-state index >= 15 is 0 Å². The zero-order valence-corrected chi connectivity index (χ0v) is 11.2. The van der Waals surface area contributed by atoms with Crippen molar-refractivity contribution in [2.45, 2.75) is 0 Å². The van der Waals surface area contributed by atoms with Gasteiger partial charge in [0.2, 0.25) is 0 Å². The lowest BCUT2D eigenvalue weighted by Gasteiger charge is -2.15. The first-order valence-corrected chi connectivity index (χ1v) is 7.80. The van der Waals surface area contributed by atoms with Gasteiger partial charge < -0.3 is 9.84 Å². The van der Waals surface area contributed by atoms with Crippen LogP contribution in [0.2, 0.25) is 0 Å². The highest BCUT2D eigenvalue weighted by Crippen LogP contribution is 2.33. The quantitative estimate of drug-likeness (QED) is 0.648. The summed E-state index contributed by atoms with van der Waals surface area (Å²) in [5.74, 6) is 3.12. The van der Waals surface area contributed by atoms with E-state index in [0.29, 0.717) is 11.8 Å². The predicted molar refractivity (Wildman–Crippen MR) is 72.3 cm³/mol. The number of phenols is 1. The average molecular weight is 252 g/mol. The second-order valence-corrected chi connectivity index (χ2v) is 8.18. The third kappa shape index (κ3) is 3.72. The van der Waals surface area contributed by atoms with Crippen molar-refractivity contribution in [2.75, 3.05) is 25.9 Å². The number of hydrogen-bond donors (Lipinski definition) is 1. The first kappa shape index (κ1) is 13.5. The van der Waals surface area contributed by atoms with E-state index in [4.69, 9.17) is 4.74 Å². The molecule has 0 radical (unpaired) electrons. The molecule has 1 rings (SSSR count). The number of aromatic hydroxyl groups is 1. The van der Waals surface area contributed by atoms with E-state index < -0.39 is 10.0 Å². The van der Waals surface area contributed by atoms with Gasteiger partial charge in [-0.3, -0.25) is 4.79 Å². The number of rotatable bonds is 2. The highest BCUT2D eigenvalue weighted by molar-refractivity contribution is 8.35. The molecule has 1 aromatic rings. The average Bonchev–Trinajstić information content (AvgIpc) is 2.26. The number of methoxy groups -OCH3 is 1. The Morgan fingerprint density at radius 2 is 2.00 bits per heavy atom. The standard InChI is InChI=1S/C13H16O3S/c1-16-12-8-10(5-6-17(2,3)4)7-11(9-14)13(12)15/h7-9,15H,1-4H3. The maximum absolute atomic E-state index is 10.8. The van der Waals surface area contributed by atoms with Gasteiger partial charge in [-0.15, -0.1) is 0 Å². The minimum atomic E-state index is -0.924. The minimum absolute atomic E-state index is 0.142. The largest absolute Gasteiger partial charge is 0.504 e. The molecule has 0 amide bonds. The molecule has 0 fully saturated rings. The number of hydrogen-bond acceptors (Lipinski definition) is 3. The summed E-state index contributed by atoms with van der Waals surface area (Å²) >= 11 is 0. The van der Waals surface area contributed by atoms with Crippen LogP contribution in [0.1, 0.15) is 15.9 Å². The van der Waals surface area contributed by atoms with Gasteiger partial charge in [-0.2, -0.15) is 10.0 Å². The Balaban J connectivity index is 3.26. The highest BCUT2D eigenvalue weighted by Gasteiger charge is 2.09. The number of ether oxygens (including phenoxy) is 1. The number of carbonyl (C=O) groups is 1. The molecule has 0 spiro atoms. The molecule has 0 unspecified atom stereocenters. The van der Waals surface area contributed by atoms with E-state index in [9.17, 15) is 9.90 Å². The summed E-state index contributed by atoms with van der Waals surface area (Å²) in [6, 6.07) is 3.18. The van der Waals surface area contributed by atoms with Gasteiger partial charge in [0, 0.05) is 5.56 Å². The molecule has 17 heavy (non-hydrogen) atoms. The second kappa shape index (κ2) is 5.15. The van der Waals surface area contributed by atoms with E-state index in [1.165, 1.54) is 7.11 Å². The van der Waals surface area contributed by atoms with Gasteiger partial charge in [0.05, 0.1) is 12.7 Å². The molecule has 0 atom stereocenters. The van der Waals surface area contributed by atoms with Crippen molar-refractivity contribution < 1.29 is 14.6 Å². The van der Waals surface area contributed by atoms with E-state index in [1.807, 2.05) is 0 Å². The molecular weight excluding hydrogens is 236 g/mol. The topological polar surface area (TPSA) is 46.5 Å². The monoisotopic (exact) mass is 252 g/mol. The molecule has 0 aliphatic rings. The van der Waals surface area contributed by atoms with E-state index in [1.54, 1.807) is 12.1 Å². The van der Waals surface area contributed by atoms with Crippen LogP contribution in [0.5, 0.6) is 11.5 Å². The molecule has 1 N–H and O–H groups in total. The molecule has 0 aromatic heterocycles. The first-order chi connectivity index (χ1) is 7.87. The SMILES string of the molecule is COc1cc(C#CS(C)(C)C)cc(C=O)c1O. The zero-order valence-electron chi connectivity index (χ0n) is 10.4. The van der Waals surface area contributed by atoms with Crippen LogP contribution in [0.4, 0.5) is 0 Å². The highest BCUT2D eigenvalue weighted by atomic mass is 32.3. The fourth-order valence-corrected chi connectivity index (χ4v) is 1.58. The van der Waals surface area contributed by atoms with Crippen LogP contribution >= 0.6 is 10.0 Å². The first-order valence-electron chi connectivity index (χ1n) is 4.94. The Morgan fingerprint density at radius 3 is 2.47 bits per heavy atom. The van der Waals surface area contributed by atoms with Crippen LogP contribution in [0, 0.1) is 11.2 Å². The molecule has 3 nitrogen and oxygen atoms in total. The summed E-state index contributed by atoms with van der Waals surface area (Å²) in [5, 5.41) is 12.8. The minimum Gasteiger partial charge on any atom is -0.504 e. The van der Waals surface area contributed by atoms with Crippen molar-refractivity contribution in [1.82, 2.24) is 0 Å². The number of phenolic OH excluding ortho intramolecular Hbond substituents is 1. The van der Waals surface area contributed by atoms with Gasteiger partial charge in [0.1, 0.15) is 0 Å². The third-order valence-electron chi connectivity index (χ3n) is 1.95. The molecule has 1 aromatic carbocycles. The molecular formula is C13H16O3S. The summed E-state index contributed by atoms with van der Waals surface area (Å²) in [7, 11) is 0.516. The van der Waals surface area contributed by atoms with Crippen molar-refractivity contribution >= 4 is 16.3 Å². The molecule has 0 saturated carbocycles. The van der Waals surface area contributed by atoms with E-state index in [0.717, 1.165) is 0 Å². The van der Waals surface area contributed by atoms with Crippen molar-refractivity contribution in [2.24, 2.45) is 0 Å². The lowest BCUT2D eigenvalue weighted by atomic mass is 10.1. The van der Waals surface area contributed by atoms with E-state index in [2.05, 4.69) is 29.9 Å². The Morgan fingerprint density at radius 1 is 1.35 bits per heavy atom. The van der Waals surface area contributed by atoms with Gasteiger partial charge in [0.25, 0.3) is 0 Å². The molecule has 0 bridgehead atoms. The Kier molecular flexibility index (Phi) is 4.08. The van der Waals surface area contributed by atoms with Gasteiger partial charge in [-0.1, -0.05) is 5.92 Å². The summed E-state index contributed by atoms with van der Waals surface area (Å²) in [6.45, 7) is 0. The molecule has 0 aliphatic heterocycles. The van der Waals surface area contributed by atoms with Crippen molar-refractivity contribution in [3.8, 4) is 22.7 Å². The van der Waals surface area contributed by atoms with Crippen LogP contribution in [-0.4, -0.2) is 37.3 Å². The summed E-state index contributed by atoms with van der Waals surface area (Å²) in [6.07, 6.45) is 6.84. The maximum atomic E-state index is 10.8. The zero-order chi connectivity index (χ0) is 13.1. The van der Waals surface area contributed by atoms with Gasteiger partial charge in [-0.25, -0.2) is 0 Å². The van der Waals surface area contributed by atoms with Crippen LogP contribution in [0.3, 0.4) is 0 Å². The number of benzene rings is 1. The summed E-state index contributed by atoms with van der Waals surface area (Å²) < 4.78 is 4.99. The lowest BCUT2D eigenvalue weighted by molar-refractivity contribution is 0.112. The maximum Gasteiger partial charge on any atom is 0.168 e. The van der Waals surface area contributed by atoms with Crippen LogP contribution in [-0.2, 0) is 0 Å². The third-order valence-corrected chi connectivity index (χ3v) is 2.67. The number of carbonyl (C=O) groups excluding carboxylic acids is 1. The molecule has 0 saturated heterocycles. The van der Waals surface area contributed by atoms with Crippen molar-refractivity contribution in [3.63, 3.8) is 0 Å². The smallest absolute Gasteiger partial charge is 0.168 e. The predicted octanol–water partition coefficient (Wildman–Crippen LogP) is 2.22. The fourth-order valence-electron chi connectivity index (χ4n) is 1.16. The normalized spacial score (nSPS) is 11.3. The molecule has 92 valence electrons. The van der Waals surface area contributed by atoms with Gasteiger partial charge in [-0.05, 0) is 36.2 Å². The Hall–Kier alpha value is -1.60. The Bertz CT molecular complexity index is 490. The van der Waals surface area contributed by atoms with Crippen LogP contribution in [0.25, 0.3) is 0 Å². The Labute approximate surface area is 103 Å². The second-order valence-electron chi connectivity index (χ2n) is 4.30. The lowest BCUT2D eigenvalue weighted by Crippen LogP contribution is -1.91. The molecule has 0 heterocycles. The van der Waals surface area contributed by atoms with Gasteiger partial charge >= 0.3 is 0 Å². The summed E-state index contributed by atoms with van der Waals surface area (Å²) in [4.78, 5) is 10.8. The molecule has 0 aliphatic carbocycles. The fraction of sp³-hybridized carbons (Fsp3) is 0.308. The van der Waals surface area contributed by atoms with Gasteiger partial charge in [0.15, 0.2) is 17.8 Å². The number of aldehydes is 1. The van der Waals surface area contributed by atoms with Crippen LogP contribution in [0.15, 0.2) is 12.1 Å². The summed E-state index contributed by atoms with van der Waals surface area (Å²) in [5.41, 5.74) is 0.863. The van der Waals surface area contributed by atoms with E-state index in [-0.39, 0.29) is 17.1 Å². The van der Waals surface area contributed by atoms with Crippen LogP contribution < -0.4 is 4.74 Å². The van der Waals surface area contributed by atoms with Crippen molar-refractivity contribution in [3.05, 3.63) is 23.3 Å². The van der Waals surface area contributed by atoms with Crippen molar-refractivity contribution in [1.29, 1.82) is 0 Å². The molecule has 4 heteroatoms.